The molecule has 534 valence electrons. The standard InChI is InChI=1S/C87H90O15S/c88-51-73-76(89-52-63-31-11-1-12-32-63)79(92-55-66-37-17-4-18-38-66)82(95-58-69-43-23-7-24-44-69)85(100-73)98-61-74-77(90-53-64-33-13-2-14-34-64)80(93-56-67-39-19-5-20-40-67)83(96-59-70-45-25-8-26-46-70)86(101-74)99-62-75-78(91-54-65-35-15-3-16-36-65)81(94-57-68-41-21-6-22-42-68)84(97-60-71-47-27-9-28-48-71)87(102-75)103-72-49-29-10-30-50-72/h1-50,73-88H,51-62H2/t73?,74?,75?,76-,77-,78-,79+,80+,81+,82?,83?,84?,85-,86-,87+/m1/s1. The van der Waals surface area contributed by atoms with Crippen molar-refractivity contribution in [3.63, 3.8) is 0 Å². The lowest BCUT2D eigenvalue weighted by atomic mass is 9.96. The molecular formula is C87H90O15S. The van der Waals surface area contributed by atoms with Gasteiger partial charge in [-0.2, -0.15) is 0 Å². The molecule has 3 heterocycles. The highest BCUT2D eigenvalue weighted by atomic mass is 32.2. The Labute approximate surface area is 608 Å². The molecular weight excluding hydrogens is 1320 g/mol. The molecule has 0 aliphatic carbocycles. The van der Waals surface area contributed by atoms with Gasteiger partial charge in [0.1, 0.15) is 78.7 Å². The number of aliphatic hydroxyl groups excluding tert-OH is 1. The summed E-state index contributed by atoms with van der Waals surface area (Å²) >= 11 is 1.56. The highest BCUT2D eigenvalue weighted by molar-refractivity contribution is 7.99. The van der Waals surface area contributed by atoms with Gasteiger partial charge in [-0.3, -0.25) is 0 Å². The van der Waals surface area contributed by atoms with Crippen LogP contribution in [0.2, 0.25) is 0 Å². The molecule has 3 aliphatic rings. The van der Waals surface area contributed by atoms with Gasteiger partial charge in [-0.15, -0.1) is 0 Å². The fourth-order valence-corrected chi connectivity index (χ4v) is 14.2. The monoisotopic (exact) mass is 1410 g/mol. The lowest BCUT2D eigenvalue weighted by molar-refractivity contribution is -0.356. The molecule has 16 heteroatoms. The fourth-order valence-electron chi connectivity index (χ4n) is 13.0. The molecule has 3 saturated heterocycles. The Morgan fingerprint density at radius 1 is 0.223 bits per heavy atom. The van der Waals surface area contributed by atoms with Gasteiger partial charge in [-0.1, -0.05) is 303 Å². The van der Waals surface area contributed by atoms with E-state index in [4.69, 9.17) is 66.3 Å². The molecule has 3 aliphatic heterocycles. The first-order valence-corrected chi connectivity index (χ1v) is 36.3. The summed E-state index contributed by atoms with van der Waals surface area (Å²) in [6, 6.07) is 100. The van der Waals surface area contributed by atoms with Crippen LogP contribution in [0.3, 0.4) is 0 Å². The van der Waals surface area contributed by atoms with Gasteiger partial charge >= 0.3 is 0 Å². The van der Waals surface area contributed by atoms with Crippen molar-refractivity contribution < 1.29 is 71.4 Å². The SMILES string of the molecule is OCC1O[C@@H](OCC2O[C@@H](OCC3O[C@@H](Sc4ccccc4)C(OCc4ccccc4)[C@@H](OCc4ccccc4)[C@@H]3OCc3ccccc3)C(OCc3ccccc3)[C@@H](OCc3ccccc3)[C@@H]2OCc2ccccc2)C(OCc2ccccc2)[C@@H](OCc2ccccc2)[C@@H]1OCc1ccccc1. The third-order valence-corrected chi connectivity index (χ3v) is 19.5. The summed E-state index contributed by atoms with van der Waals surface area (Å²) in [6.45, 7) is 1.20. The minimum absolute atomic E-state index is 0.0869. The first-order valence-electron chi connectivity index (χ1n) is 35.5. The summed E-state index contributed by atoms with van der Waals surface area (Å²) in [5, 5.41) is 11.5. The Hall–Kier alpha value is -8.05. The molecule has 0 radical (unpaired) electrons. The van der Waals surface area contributed by atoms with Gasteiger partial charge in [0, 0.05) is 4.90 Å². The molecule has 0 bridgehead atoms. The van der Waals surface area contributed by atoms with E-state index in [2.05, 4.69) is 36.4 Å². The zero-order chi connectivity index (χ0) is 69.9. The molecule has 103 heavy (non-hydrogen) atoms. The summed E-state index contributed by atoms with van der Waals surface area (Å²) in [5.74, 6) is 0. The third-order valence-electron chi connectivity index (χ3n) is 18.4. The van der Waals surface area contributed by atoms with Crippen LogP contribution in [0.5, 0.6) is 0 Å². The van der Waals surface area contributed by atoms with Gasteiger partial charge in [-0.25, -0.2) is 0 Å². The normalized spacial score (nSPS) is 24.9. The lowest BCUT2D eigenvalue weighted by Gasteiger charge is -2.49. The van der Waals surface area contributed by atoms with E-state index in [0.717, 1.165) is 55.0 Å². The zero-order valence-corrected chi connectivity index (χ0v) is 58.4. The molecule has 0 aromatic heterocycles. The second kappa shape index (κ2) is 39.2. The minimum Gasteiger partial charge on any atom is -0.394 e. The predicted octanol–water partition coefficient (Wildman–Crippen LogP) is 15.2. The van der Waals surface area contributed by atoms with Gasteiger partial charge in [0.15, 0.2) is 12.6 Å². The summed E-state index contributed by atoms with van der Waals surface area (Å²) in [6.07, 6.45) is -12.6. The lowest BCUT2D eigenvalue weighted by Crippen LogP contribution is -2.64. The molecule has 13 rings (SSSR count). The first kappa shape index (κ1) is 73.3. The highest BCUT2D eigenvalue weighted by Gasteiger charge is 2.54. The first-order chi connectivity index (χ1) is 51.0. The zero-order valence-electron chi connectivity index (χ0n) is 57.6. The second-order valence-corrected chi connectivity index (χ2v) is 26.9. The maximum absolute atomic E-state index is 11.5. The van der Waals surface area contributed by atoms with Crippen LogP contribution in [0.4, 0.5) is 0 Å². The van der Waals surface area contributed by atoms with Crippen molar-refractivity contribution >= 4 is 11.8 Å². The quantitative estimate of drug-likeness (QED) is 0.0396. The Bertz CT molecular complexity index is 3950. The minimum atomic E-state index is -1.19. The summed E-state index contributed by atoms with van der Waals surface area (Å²) in [5.41, 5.74) is 7.87. The molecule has 10 aromatic carbocycles. The maximum Gasteiger partial charge on any atom is 0.187 e. The van der Waals surface area contributed by atoms with Crippen molar-refractivity contribution in [1.29, 1.82) is 0 Å². The number of hydrogen-bond acceptors (Lipinski definition) is 16. The van der Waals surface area contributed by atoms with E-state index in [-0.39, 0.29) is 72.7 Å². The van der Waals surface area contributed by atoms with Gasteiger partial charge in [-0.05, 0) is 62.2 Å². The number of thioether (sulfide) groups is 1. The van der Waals surface area contributed by atoms with Crippen molar-refractivity contribution in [3.05, 3.63) is 353 Å². The molecule has 3 fully saturated rings. The Kier molecular flexibility index (Phi) is 27.9. The molecule has 15 nitrogen and oxygen atoms in total. The molecule has 6 unspecified atom stereocenters. The number of ether oxygens (including phenoxy) is 14. The van der Waals surface area contributed by atoms with Crippen molar-refractivity contribution in [2.24, 2.45) is 0 Å². The maximum atomic E-state index is 11.5. The van der Waals surface area contributed by atoms with E-state index in [1.165, 1.54) is 0 Å². The Balaban J connectivity index is 0.881. The van der Waals surface area contributed by atoms with Crippen LogP contribution < -0.4 is 0 Å². The van der Waals surface area contributed by atoms with Gasteiger partial charge in [0.05, 0.1) is 79.3 Å². The van der Waals surface area contributed by atoms with Crippen LogP contribution in [0.25, 0.3) is 0 Å². The van der Waals surface area contributed by atoms with Gasteiger partial charge in [0.25, 0.3) is 0 Å². The van der Waals surface area contributed by atoms with Crippen molar-refractivity contribution in [3.8, 4) is 0 Å². The summed E-state index contributed by atoms with van der Waals surface area (Å²) < 4.78 is 101. The molecule has 0 saturated carbocycles. The third kappa shape index (κ3) is 21.3. The van der Waals surface area contributed by atoms with E-state index in [0.29, 0.717) is 0 Å². The highest BCUT2D eigenvalue weighted by Crippen LogP contribution is 2.41. The number of hydrogen-bond donors (Lipinski definition) is 1. The average molecular weight is 1410 g/mol. The Morgan fingerprint density at radius 3 is 0.718 bits per heavy atom. The topological polar surface area (TPSA) is 149 Å². The Morgan fingerprint density at radius 2 is 0.437 bits per heavy atom. The molecule has 15 atom stereocenters. The van der Waals surface area contributed by atoms with E-state index in [9.17, 15) is 5.11 Å². The van der Waals surface area contributed by atoms with E-state index in [1.54, 1.807) is 11.8 Å². The van der Waals surface area contributed by atoms with Crippen LogP contribution in [0.15, 0.2) is 308 Å². The summed E-state index contributed by atoms with van der Waals surface area (Å²) in [7, 11) is 0. The number of benzene rings is 10. The van der Waals surface area contributed by atoms with Crippen molar-refractivity contribution in [2.45, 2.75) is 156 Å². The smallest absolute Gasteiger partial charge is 0.187 e. The van der Waals surface area contributed by atoms with Crippen molar-refractivity contribution in [2.75, 3.05) is 19.8 Å². The van der Waals surface area contributed by atoms with Crippen LogP contribution in [0.1, 0.15) is 50.1 Å². The van der Waals surface area contributed by atoms with E-state index in [1.807, 2.05) is 267 Å². The van der Waals surface area contributed by atoms with E-state index >= 15 is 0 Å². The largest absolute Gasteiger partial charge is 0.394 e. The molecule has 10 aromatic rings. The average Bonchev–Trinajstić information content (AvgIpc) is 0.835. The van der Waals surface area contributed by atoms with E-state index < -0.39 is 97.9 Å². The predicted molar refractivity (Wildman–Crippen MR) is 392 cm³/mol. The van der Waals surface area contributed by atoms with Crippen molar-refractivity contribution in [1.82, 2.24) is 0 Å². The number of aliphatic hydroxyl groups is 1. The molecule has 0 spiro atoms. The van der Waals surface area contributed by atoms with Crippen LogP contribution in [-0.2, 0) is 126 Å². The summed E-state index contributed by atoms with van der Waals surface area (Å²) in [4.78, 5) is 0.975. The molecule has 0 amide bonds. The second-order valence-electron chi connectivity index (χ2n) is 25.8. The number of rotatable bonds is 36. The van der Waals surface area contributed by atoms with Gasteiger partial charge < -0.3 is 71.4 Å². The van der Waals surface area contributed by atoms with Gasteiger partial charge in [0.2, 0.25) is 0 Å². The van der Waals surface area contributed by atoms with Crippen LogP contribution >= 0.6 is 11.8 Å². The van der Waals surface area contributed by atoms with Crippen LogP contribution in [-0.4, -0.2) is 116 Å². The molecule has 1 N–H and O–H groups in total. The fraction of sp³-hybridized carbons (Fsp3) is 0.310. The van der Waals surface area contributed by atoms with Crippen LogP contribution in [0, 0.1) is 0 Å².